The van der Waals surface area contributed by atoms with Crippen LogP contribution in [0, 0.1) is 19.7 Å². The number of anilines is 2. The number of aromatic amines is 1. The summed E-state index contributed by atoms with van der Waals surface area (Å²) in [7, 11) is 0. The number of hydrogen-bond acceptors (Lipinski definition) is 4. The Morgan fingerprint density at radius 1 is 1.18 bits per heavy atom. The third-order valence-corrected chi connectivity index (χ3v) is 3.06. The molecule has 0 aliphatic carbocycles. The Morgan fingerprint density at radius 2 is 1.91 bits per heavy atom. The van der Waals surface area contributed by atoms with E-state index < -0.39 is 5.82 Å². The molecule has 112 valence electrons. The maximum Gasteiger partial charge on any atom is 0.331 e. The smallest absolute Gasteiger partial charge is 0.310 e. The summed E-state index contributed by atoms with van der Waals surface area (Å²) in [4.78, 5) is 23.1. The monoisotopic (exact) mass is 299 g/mol. The molecule has 0 saturated heterocycles. The minimum atomic E-state index is -0.417. The Morgan fingerprint density at radius 3 is 2.59 bits per heavy atom. The third-order valence-electron chi connectivity index (χ3n) is 3.06. The molecule has 0 amide bonds. The summed E-state index contributed by atoms with van der Waals surface area (Å²) in [6, 6.07) is 7.64. The number of nitrogens with one attached hydrogen (secondary N) is 2. The van der Waals surface area contributed by atoms with Gasteiger partial charge in [-0.25, -0.2) is 23.7 Å². The molecule has 6 nitrogen and oxygen atoms in total. The van der Waals surface area contributed by atoms with Gasteiger partial charge in [-0.15, -0.1) is 0 Å². The van der Waals surface area contributed by atoms with E-state index in [0.717, 1.165) is 11.4 Å². The van der Waals surface area contributed by atoms with Gasteiger partial charge in [-0.05, 0) is 38.1 Å². The number of H-pyrrole nitrogens is 1. The van der Waals surface area contributed by atoms with Crippen LogP contribution in [0.3, 0.4) is 0 Å². The zero-order chi connectivity index (χ0) is 15.7. The van der Waals surface area contributed by atoms with Gasteiger partial charge in [0.2, 0.25) is 5.95 Å². The van der Waals surface area contributed by atoms with Gasteiger partial charge in [-0.2, -0.15) is 0 Å². The lowest BCUT2D eigenvalue weighted by atomic mass is 10.3. The number of rotatable bonds is 3. The van der Waals surface area contributed by atoms with Crippen molar-refractivity contribution < 1.29 is 4.39 Å². The first kappa shape index (κ1) is 14.0. The first-order valence-corrected chi connectivity index (χ1v) is 6.68. The summed E-state index contributed by atoms with van der Waals surface area (Å²) in [5.74, 6) is 0.390. The lowest BCUT2D eigenvalue weighted by Crippen LogP contribution is -2.17. The second kappa shape index (κ2) is 5.44. The highest BCUT2D eigenvalue weighted by atomic mass is 19.1. The summed E-state index contributed by atoms with van der Waals surface area (Å²) in [6.45, 7) is 3.72. The van der Waals surface area contributed by atoms with Crippen molar-refractivity contribution in [3.8, 4) is 5.69 Å². The number of halogens is 1. The van der Waals surface area contributed by atoms with Crippen LogP contribution in [-0.2, 0) is 0 Å². The standard InChI is InChI=1S/C15H14FN5O/c1-9-6-10(2)19-14(18-9)20-13-8-17-15(22)21(13)12-5-3-4-11(16)7-12/h3-8H,1-2H3,(H,17,22)(H,18,19,20). The first-order valence-electron chi connectivity index (χ1n) is 6.68. The van der Waals surface area contributed by atoms with Crippen molar-refractivity contribution in [2.75, 3.05) is 5.32 Å². The maximum atomic E-state index is 13.4. The molecule has 1 aromatic carbocycles. The van der Waals surface area contributed by atoms with Crippen LogP contribution in [0.25, 0.3) is 5.69 Å². The van der Waals surface area contributed by atoms with E-state index in [9.17, 15) is 9.18 Å². The van der Waals surface area contributed by atoms with Crippen LogP contribution in [0.5, 0.6) is 0 Å². The van der Waals surface area contributed by atoms with Crippen LogP contribution >= 0.6 is 0 Å². The molecule has 0 unspecified atom stereocenters. The fourth-order valence-corrected chi connectivity index (χ4v) is 2.23. The fraction of sp³-hybridized carbons (Fsp3) is 0.133. The van der Waals surface area contributed by atoms with E-state index in [1.54, 1.807) is 12.1 Å². The molecule has 0 atom stereocenters. The van der Waals surface area contributed by atoms with Crippen molar-refractivity contribution in [3.05, 3.63) is 64.2 Å². The average Bonchev–Trinajstić information content (AvgIpc) is 2.78. The predicted molar refractivity (Wildman–Crippen MR) is 81.1 cm³/mol. The lowest BCUT2D eigenvalue weighted by molar-refractivity contribution is 0.626. The second-order valence-corrected chi connectivity index (χ2v) is 4.89. The number of imidazole rings is 1. The zero-order valence-electron chi connectivity index (χ0n) is 12.1. The molecule has 0 aliphatic rings. The summed E-state index contributed by atoms with van der Waals surface area (Å²) in [6.07, 6.45) is 1.49. The van der Waals surface area contributed by atoms with Crippen LogP contribution in [-0.4, -0.2) is 19.5 Å². The van der Waals surface area contributed by atoms with Crippen LogP contribution < -0.4 is 11.0 Å². The SMILES string of the molecule is Cc1cc(C)nc(Nc2c[nH]c(=O)n2-c2cccc(F)c2)n1. The van der Waals surface area contributed by atoms with Crippen molar-refractivity contribution in [1.82, 2.24) is 19.5 Å². The highest BCUT2D eigenvalue weighted by molar-refractivity contribution is 5.52. The van der Waals surface area contributed by atoms with Gasteiger partial charge in [0.1, 0.15) is 11.6 Å². The van der Waals surface area contributed by atoms with Crippen LogP contribution in [0.15, 0.2) is 41.3 Å². The number of benzene rings is 1. The second-order valence-electron chi connectivity index (χ2n) is 4.89. The number of aromatic nitrogens is 4. The van der Waals surface area contributed by atoms with Gasteiger partial charge in [-0.3, -0.25) is 0 Å². The predicted octanol–water partition coefficient (Wildman–Crippen LogP) is 2.46. The topological polar surface area (TPSA) is 75.6 Å². The van der Waals surface area contributed by atoms with Gasteiger partial charge in [0.15, 0.2) is 0 Å². The average molecular weight is 299 g/mol. The Hall–Kier alpha value is -2.96. The molecule has 0 fully saturated rings. The minimum absolute atomic E-state index is 0.377. The Kier molecular flexibility index (Phi) is 3.46. The van der Waals surface area contributed by atoms with Crippen LogP contribution in [0.4, 0.5) is 16.2 Å². The third kappa shape index (κ3) is 2.73. The highest BCUT2D eigenvalue weighted by Crippen LogP contribution is 2.17. The molecule has 2 heterocycles. The van der Waals surface area contributed by atoms with E-state index in [-0.39, 0.29) is 5.69 Å². The lowest BCUT2D eigenvalue weighted by Gasteiger charge is -2.09. The molecule has 7 heteroatoms. The van der Waals surface area contributed by atoms with Crippen LogP contribution in [0.1, 0.15) is 11.4 Å². The van der Waals surface area contributed by atoms with E-state index in [0.29, 0.717) is 17.5 Å². The molecule has 22 heavy (non-hydrogen) atoms. The largest absolute Gasteiger partial charge is 0.331 e. The molecule has 0 spiro atoms. The molecule has 0 bridgehead atoms. The van der Waals surface area contributed by atoms with E-state index in [1.807, 2.05) is 19.9 Å². The quantitative estimate of drug-likeness (QED) is 0.779. The molecule has 2 N–H and O–H groups in total. The maximum absolute atomic E-state index is 13.4. The van der Waals surface area contributed by atoms with Crippen molar-refractivity contribution >= 4 is 11.8 Å². The molecule has 3 rings (SSSR count). The number of nitrogens with zero attached hydrogens (tertiary/aromatic N) is 3. The van der Waals surface area contributed by atoms with E-state index in [2.05, 4.69) is 20.3 Å². The summed E-state index contributed by atoms with van der Waals surface area (Å²) in [5.41, 5.74) is 1.66. The Balaban J connectivity index is 2.04. The van der Waals surface area contributed by atoms with E-state index in [1.165, 1.54) is 22.9 Å². The molecule has 0 aliphatic heterocycles. The Bertz CT molecular complexity index is 863. The summed E-state index contributed by atoms with van der Waals surface area (Å²) < 4.78 is 14.7. The fourth-order valence-electron chi connectivity index (χ4n) is 2.23. The van der Waals surface area contributed by atoms with Gasteiger partial charge >= 0.3 is 5.69 Å². The summed E-state index contributed by atoms with van der Waals surface area (Å²) >= 11 is 0. The molecule has 0 radical (unpaired) electrons. The Labute approximate surface area is 125 Å². The van der Waals surface area contributed by atoms with E-state index in [4.69, 9.17) is 0 Å². The van der Waals surface area contributed by atoms with E-state index >= 15 is 0 Å². The number of hydrogen-bond donors (Lipinski definition) is 2. The molecular weight excluding hydrogens is 285 g/mol. The van der Waals surface area contributed by atoms with Crippen molar-refractivity contribution in [2.45, 2.75) is 13.8 Å². The van der Waals surface area contributed by atoms with Crippen LogP contribution in [0.2, 0.25) is 0 Å². The molecule has 2 aromatic heterocycles. The van der Waals surface area contributed by atoms with Gasteiger partial charge < -0.3 is 10.3 Å². The van der Waals surface area contributed by atoms with Crippen molar-refractivity contribution in [1.29, 1.82) is 0 Å². The van der Waals surface area contributed by atoms with Crippen molar-refractivity contribution in [2.24, 2.45) is 0 Å². The normalized spacial score (nSPS) is 10.7. The van der Waals surface area contributed by atoms with Gasteiger partial charge in [-0.1, -0.05) is 6.07 Å². The first-order chi connectivity index (χ1) is 10.5. The molecule has 0 saturated carbocycles. The molecular formula is C15H14FN5O. The highest BCUT2D eigenvalue weighted by Gasteiger charge is 2.11. The van der Waals surface area contributed by atoms with Gasteiger partial charge in [0.05, 0.1) is 5.69 Å². The minimum Gasteiger partial charge on any atom is -0.310 e. The van der Waals surface area contributed by atoms with Gasteiger partial charge in [0.25, 0.3) is 0 Å². The van der Waals surface area contributed by atoms with Gasteiger partial charge in [0, 0.05) is 17.6 Å². The summed E-state index contributed by atoms with van der Waals surface area (Å²) in [5, 5.41) is 2.98. The number of aryl methyl sites for hydroxylation is 2. The zero-order valence-corrected chi connectivity index (χ0v) is 12.1. The molecule has 3 aromatic rings. The van der Waals surface area contributed by atoms with Crippen molar-refractivity contribution in [3.63, 3.8) is 0 Å².